The van der Waals surface area contributed by atoms with Crippen LogP contribution in [0.25, 0.3) is 0 Å². The number of thioether (sulfide) groups is 1. The van der Waals surface area contributed by atoms with Crippen LogP contribution in [0, 0.1) is 11.7 Å². The Morgan fingerprint density at radius 3 is 2.84 bits per heavy atom. The number of halogens is 1. The van der Waals surface area contributed by atoms with Crippen LogP contribution in [-0.4, -0.2) is 31.0 Å². The van der Waals surface area contributed by atoms with E-state index in [-0.39, 0.29) is 11.6 Å². The number of amides is 1. The number of anilines is 1. The molecule has 19 heavy (non-hydrogen) atoms. The lowest BCUT2D eigenvalue weighted by molar-refractivity contribution is 0.0947. The van der Waals surface area contributed by atoms with Crippen molar-refractivity contribution in [2.75, 3.05) is 30.4 Å². The van der Waals surface area contributed by atoms with E-state index < -0.39 is 5.82 Å². The molecule has 0 unspecified atom stereocenters. The van der Waals surface area contributed by atoms with Gasteiger partial charge in [-0.15, -0.1) is 0 Å². The highest BCUT2D eigenvalue weighted by molar-refractivity contribution is 7.99. The molecule has 2 rings (SSSR count). The van der Waals surface area contributed by atoms with Gasteiger partial charge < -0.3 is 10.6 Å². The van der Waals surface area contributed by atoms with Gasteiger partial charge in [0.2, 0.25) is 0 Å². The number of hydrogen-bond acceptors (Lipinski definition) is 3. The molecular formula is C14H19FN2OS. The fourth-order valence-electron chi connectivity index (χ4n) is 2.25. The van der Waals surface area contributed by atoms with Gasteiger partial charge in [0.05, 0.1) is 11.3 Å². The van der Waals surface area contributed by atoms with E-state index in [1.54, 1.807) is 19.2 Å². The largest absolute Gasteiger partial charge is 0.385 e. The summed E-state index contributed by atoms with van der Waals surface area (Å²) in [5, 5.41) is 5.66. The second-order valence-electron chi connectivity index (χ2n) is 4.68. The minimum atomic E-state index is -0.399. The maximum Gasteiger partial charge on any atom is 0.253 e. The highest BCUT2D eigenvalue weighted by Gasteiger charge is 2.17. The molecule has 104 valence electrons. The summed E-state index contributed by atoms with van der Waals surface area (Å²) in [6.45, 7) is 0.680. The first kappa shape index (κ1) is 14.2. The number of hydrogen-bond donors (Lipinski definition) is 2. The van der Waals surface area contributed by atoms with Gasteiger partial charge >= 0.3 is 0 Å². The third kappa shape index (κ3) is 3.62. The Morgan fingerprint density at radius 1 is 1.42 bits per heavy atom. The first-order chi connectivity index (χ1) is 9.22. The molecule has 0 saturated carbocycles. The molecule has 0 spiro atoms. The maximum absolute atomic E-state index is 13.6. The van der Waals surface area contributed by atoms with Crippen LogP contribution in [0.5, 0.6) is 0 Å². The highest BCUT2D eigenvalue weighted by Crippen LogP contribution is 2.23. The van der Waals surface area contributed by atoms with Crippen LogP contribution in [0.3, 0.4) is 0 Å². The maximum atomic E-state index is 13.6. The Labute approximate surface area is 117 Å². The first-order valence-corrected chi connectivity index (χ1v) is 7.70. The summed E-state index contributed by atoms with van der Waals surface area (Å²) in [5.74, 6) is 2.29. The molecule has 1 aliphatic rings. The molecule has 0 aliphatic carbocycles. The minimum absolute atomic E-state index is 0.206. The highest BCUT2D eigenvalue weighted by atomic mass is 32.2. The number of carbonyl (C=O) groups excluding carboxylic acids is 1. The SMILES string of the molecule is CNc1c(F)cccc1C(=O)NCC1CCSCC1. The lowest BCUT2D eigenvalue weighted by atomic mass is 10.0. The van der Waals surface area contributed by atoms with Crippen LogP contribution in [0.2, 0.25) is 0 Å². The Balaban J connectivity index is 1.97. The van der Waals surface area contributed by atoms with Crippen molar-refractivity contribution in [3.63, 3.8) is 0 Å². The average molecular weight is 282 g/mol. The summed E-state index contributed by atoms with van der Waals surface area (Å²) in [4.78, 5) is 12.1. The van der Waals surface area contributed by atoms with E-state index in [0.29, 0.717) is 18.0 Å². The van der Waals surface area contributed by atoms with Crippen molar-refractivity contribution in [1.82, 2.24) is 5.32 Å². The standard InChI is InChI=1S/C14H19FN2OS/c1-16-13-11(3-2-4-12(13)15)14(18)17-9-10-5-7-19-8-6-10/h2-4,10,16H,5-9H2,1H3,(H,17,18). The van der Waals surface area contributed by atoms with Crippen molar-refractivity contribution < 1.29 is 9.18 Å². The van der Waals surface area contributed by atoms with Gasteiger partial charge in [-0.3, -0.25) is 4.79 Å². The van der Waals surface area contributed by atoms with Crippen molar-refractivity contribution in [3.05, 3.63) is 29.6 Å². The summed E-state index contributed by atoms with van der Waals surface area (Å²) in [5.41, 5.74) is 0.631. The molecule has 1 aliphatic heterocycles. The van der Waals surface area contributed by atoms with Crippen LogP contribution in [0.1, 0.15) is 23.2 Å². The monoisotopic (exact) mass is 282 g/mol. The van der Waals surface area contributed by atoms with Crippen molar-refractivity contribution in [1.29, 1.82) is 0 Å². The predicted octanol–water partition coefficient (Wildman–Crippen LogP) is 2.74. The topological polar surface area (TPSA) is 41.1 Å². The van der Waals surface area contributed by atoms with Gasteiger partial charge in [0, 0.05) is 13.6 Å². The summed E-state index contributed by atoms with van der Waals surface area (Å²) >= 11 is 1.97. The van der Waals surface area contributed by atoms with Crippen molar-refractivity contribution in [3.8, 4) is 0 Å². The lowest BCUT2D eigenvalue weighted by Crippen LogP contribution is -2.31. The molecular weight excluding hydrogens is 263 g/mol. The van der Waals surface area contributed by atoms with Gasteiger partial charge in [-0.2, -0.15) is 11.8 Å². The van der Waals surface area contributed by atoms with Gasteiger partial charge in [0.25, 0.3) is 5.91 Å². The van der Waals surface area contributed by atoms with E-state index in [1.807, 2.05) is 11.8 Å². The van der Waals surface area contributed by atoms with Crippen LogP contribution in [0.15, 0.2) is 18.2 Å². The fraction of sp³-hybridized carbons (Fsp3) is 0.500. The quantitative estimate of drug-likeness (QED) is 0.892. The molecule has 1 saturated heterocycles. The zero-order chi connectivity index (χ0) is 13.7. The smallest absolute Gasteiger partial charge is 0.253 e. The van der Waals surface area contributed by atoms with Crippen LogP contribution < -0.4 is 10.6 Å². The second-order valence-corrected chi connectivity index (χ2v) is 5.90. The number of benzene rings is 1. The molecule has 0 atom stereocenters. The number of nitrogens with one attached hydrogen (secondary N) is 2. The van der Waals surface area contributed by atoms with Crippen LogP contribution >= 0.6 is 11.8 Å². The molecule has 3 nitrogen and oxygen atoms in total. The number of rotatable bonds is 4. The zero-order valence-electron chi connectivity index (χ0n) is 11.0. The van der Waals surface area contributed by atoms with E-state index in [0.717, 1.165) is 12.8 Å². The summed E-state index contributed by atoms with van der Waals surface area (Å²) in [6.07, 6.45) is 2.29. The predicted molar refractivity (Wildman–Crippen MR) is 78.3 cm³/mol. The van der Waals surface area contributed by atoms with E-state index in [4.69, 9.17) is 0 Å². The Morgan fingerprint density at radius 2 is 2.16 bits per heavy atom. The summed E-state index contributed by atoms with van der Waals surface area (Å²) in [7, 11) is 1.62. The van der Waals surface area contributed by atoms with E-state index in [1.165, 1.54) is 17.6 Å². The molecule has 2 N–H and O–H groups in total. The third-order valence-electron chi connectivity index (χ3n) is 3.40. The molecule has 1 aromatic carbocycles. The summed E-state index contributed by atoms with van der Waals surface area (Å²) in [6, 6.07) is 4.55. The lowest BCUT2D eigenvalue weighted by Gasteiger charge is -2.21. The van der Waals surface area contributed by atoms with Crippen molar-refractivity contribution >= 4 is 23.4 Å². The Hall–Kier alpha value is -1.23. The Bertz CT molecular complexity index is 447. The minimum Gasteiger partial charge on any atom is -0.385 e. The van der Waals surface area contributed by atoms with Crippen molar-refractivity contribution in [2.45, 2.75) is 12.8 Å². The molecule has 1 heterocycles. The molecule has 0 radical (unpaired) electrons. The normalized spacial score (nSPS) is 16.1. The fourth-order valence-corrected chi connectivity index (χ4v) is 3.45. The van der Waals surface area contributed by atoms with Gasteiger partial charge in [0.15, 0.2) is 0 Å². The molecule has 5 heteroatoms. The first-order valence-electron chi connectivity index (χ1n) is 6.54. The van der Waals surface area contributed by atoms with Crippen LogP contribution in [0.4, 0.5) is 10.1 Å². The van der Waals surface area contributed by atoms with Crippen molar-refractivity contribution in [2.24, 2.45) is 5.92 Å². The van der Waals surface area contributed by atoms with E-state index in [9.17, 15) is 9.18 Å². The van der Waals surface area contributed by atoms with Gasteiger partial charge in [-0.25, -0.2) is 4.39 Å². The molecule has 1 amide bonds. The molecule has 0 bridgehead atoms. The molecule has 1 aromatic rings. The number of para-hydroxylation sites is 1. The van der Waals surface area contributed by atoms with E-state index >= 15 is 0 Å². The van der Waals surface area contributed by atoms with Gasteiger partial charge in [-0.1, -0.05) is 6.07 Å². The summed E-state index contributed by atoms with van der Waals surface area (Å²) < 4.78 is 13.6. The van der Waals surface area contributed by atoms with Crippen LogP contribution in [-0.2, 0) is 0 Å². The molecule has 0 aromatic heterocycles. The zero-order valence-corrected chi connectivity index (χ0v) is 11.9. The average Bonchev–Trinajstić information content (AvgIpc) is 2.45. The molecule has 1 fully saturated rings. The van der Waals surface area contributed by atoms with Gasteiger partial charge in [0.1, 0.15) is 5.82 Å². The second kappa shape index (κ2) is 6.80. The van der Waals surface area contributed by atoms with Gasteiger partial charge in [-0.05, 0) is 42.4 Å². The third-order valence-corrected chi connectivity index (χ3v) is 4.45. The Kier molecular flexibility index (Phi) is 5.07. The van der Waals surface area contributed by atoms with E-state index in [2.05, 4.69) is 10.6 Å². The number of carbonyl (C=O) groups is 1.